The van der Waals surface area contributed by atoms with E-state index in [4.69, 9.17) is 21.4 Å². The zero-order chi connectivity index (χ0) is 27.0. The maximum atomic E-state index is 13.5. The van der Waals surface area contributed by atoms with Crippen LogP contribution >= 0.6 is 11.6 Å². The third-order valence-corrected chi connectivity index (χ3v) is 6.44. The fourth-order valence-corrected chi connectivity index (χ4v) is 4.62. The van der Waals surface area contributed by atoms with E-state index >= 15 is 0 Å². The molecule has 0 unspecified atom stereocenters. The van der Waals surface area contributed by atoms with Crippen LogP contribution in [-0.2, 0) is 6.18 Å². The summed E-state index contributed by atoms with van der Waals surface area (Å²) in [5.74, 6) is 0.385. The smallest absolute Gasteiger partial charge is 0.433 e. The molecule has 14 heteroatoms. The van der Waals surface area contributed by atoms with Crippen LogP contribution in [0, 0.1) is 0 Å². The van der Waals surface area contributed by atoms with Gasteiger partial charge in [0.2, 0.25) is 5.88 Å². The first-order valence-electron chi connectivity index (χ1n) is 11.6. The topological polar surface area (TPSA) is 124 Å². The van der Waals surface area contributed by atoms with Crippen molar-refractivity contribution in [3.8, 4) is 17.3 Å². The maximum Gasteiger partial charge on any atom is 0.433 e. The van der Waals surface area contributed by atoms with Crippen LogP contribution in [0.15, 0.2) is 42.6 Å². The number of carbonyl (C=O) groups excluding carboxylic acids is 1. The van der Waals surface area contributed by atoms with Gasteiger partial charge in [0, 0.05) is 31.0 Å². The molecule has 0 aliphatic carbocycles. The van der Waals surface area contributed by atoms with Crippen molar-refractivity contribution < 1.29 is 32.9 Å². The number of amides is 2. The second kappa shape index (κ2) is 10.2. The SMILES string of the molecule is O=C(Nc1ccnc(OC[C@@H](O)CO)c1)N1c2nc(-c3cccc(C(F)(F)F)n3)c(Cl)cc2N2CC[C@H]1C2. The molecule has 38 heavy (non-hydrogen) atoms. The molecule has 2 amide bonds. The van der Waals surface area contributed by atoms with Crippen molar-refractivity contribution in [2.45, 2.75) is 24.7 Å². The average Bonchev–Trinajstić information content (AvgIpc) is 3.31. The molecule has 0 spiro atoms. The van der Waals surface area contributed by atoms with Crippen LogP contribution in [0.25, 0.3) is 11.4 Å². The van der Waals surface area contributed by atoms with Gasteiger partial charge < -0.3 is 25.2 Å². The molecule has 3 aromatic rings. The number of aliphatic hydroxyl groups excluding tert-OH is 2. The number of pyridine rings is 3. The van der Waals surface area contributed by atoms with Crippen molar-refractivity contribution in [2.24, 2.45) is 0 Å². The molecule has 5 rings (SSSR count). The minimum Gasteiger partial charge on any atom is -0.475 e. The molecular weight excluding hydrogens is 529 g/mol. The van der Waals surface area contributed by atoms with E-state index in [1.807, 2.05) is 4.90 Å². The number of hydrogen-bond donors (Lipinski definition) is 3. The molecule has 0 radical (unpaired) electrons. The Balaban J connectivity index is 1.46. The van der Waals surface area contributed by atoms with Gasteiger partial charge in [-0.1, -0.05) is 17.7 Å². The van der Waals surface area contributed by atoms with Gasteiger partial charge in [-0.25, -0.2) is 19.7 Å². The van der Waals surface area contributed by atoms with Crippen molar-refractivity contribution in [1.82, 2.24) is 15.0 Å². The predicted molar refractivity (Wildman–Crippen MR) is 132 cm³/mol. The van der Waals surface area contributed by atoms with Gasteiger partial charge in [0.1, 0.15) is 24.1 Å². The van der Waals surface area contributed by atoms with Crippen molar-refractivity contribution in [2.75, 3.05) is 41.4 Å². The van der Waals surface area contributed by atoms with E-state index < -0.39 is 30.6 Å². The van der Waals surface area contributed by atoms with Gasteiger partial charge in [-0.3, -0.25) is 4.90 Å². The first kappa shape index (κ1) is 25.9. The molecule has 2 aliphatic heterocycles. The molecule has 2 atom stereocenters. The summed E-state index contributed by atoms with van der Waals surface area (Å²) in [7, 11) is 0. The molecule has 5 heterocycles. The highest BCUT2D eigenvalue weighted by Gasteiger charge is 2.41. The molecule has 3 aromatic heterocycles. The monoisotopic (exact) mass is 550 g/mol. The number of nitrogens with zero attached hydrogens (tertiary/aromatic N) is 5. The molecule has 2 bridgehead atoms. The van der Waals surface area contributed by atoms with E-state index in [0.717, 1.165) is 6.07 Å². The van der Waals surface area contributed by atoms with E-state index in [1.165, 1.54) is 29.3 Å². The zero-order valence-electron chi connectivity index (χ0n) is 19.7. The van der Waals surface area contributed by atoms with Crippen molar-refractivity contribution in [3.63, 3.8) is 0 Å². The van der Waals surface area contributed by atoms with Crippen LogP contribution in [0.4, 0.5) is 35.2 Å². The Morgan fingerprint density at radius 2 is 2.08 bits per heavy atom. The summed E-state index contributed by atoms with van der Waals surface area (Å²) in [6.45, 7) is 0.540. The molecule has 0 aromatic carbocycles. The van der Waals surface area contributed by atoms with E-state index in [1.54, 1.807) is 12.1 Å². The number of nitrogens with one attached hydrogen (secondary N) is 1. The number of fused-ring (bicyclic) bond motifs is 4. The summed E-state index contributed by atoms with van der Waals surface area (Å²) in [5.41, 5.74) is -0.174. The van der Waals surface area contributed by atoms with Gasteiger partial charge in [-0.05, 0) is 30.7 Å². The number of urea groups is 1. The number of alkyl halides is 3. The van der Waals surface area contributed by atoms with Gasteiger partial charge in [0.25, 0.3) is 0 Å². The van der Waals surface area contributed by atoms with E-state index in [0.29, 0.717) is 30.9 Å². The number of carbonyl (C=O) groups is 1. The summed E-state index contributed by atoms with van der Waals surface area (Å²) >= 11 is 6.45. The third kappa shape index (κ3) is 5.17. The predicted octanol–water partition coefficient (Wildman–Crippen LogP) is 3.57. The molecule has 2 aliphatic rings. The number of halogens is 4. The Morgan fingerprint density at radius 3 is 2.84 bits per heavy atom. The minimum absolute atomic E-state index is 0.0267. The lowest BCUT2D eigenvalue weighted by Gasteiger charge is -2.36. The van der Waals surface area contributed by atoms with Crippen molar-refractivity contribution >= 4 is 34.8 Å². The number of anilines is 3. The second-order valence-electron chi connectivity index (χ2n) is 8.79. The summed E-state index contributed by atoms with van der Waals surface area (Å²) in [4.78, 5) is 29.2. The summed E-state index contributed by atoms with van der Waals surface area (Å²) < 4.78 is 45.1. The van der Waals surface area contributed by atoms with E-state index in [9.17, 15) is 23.1 Å². The Morgan fingerprint density at radius 1 is 1.26 bits per heavy atom. The molecule has 10 nitrogen and oxygen atoms in total. The van der Waals surface area contributed by atoms with Gasteiger partial charge in [0.15, 0.2) is 5.82 Å². The summed E-state index contributed by atoms with van der Waals surface area (Å²) in [6, 6.07) is 7.33. The number of rotatable bonds is 6. The number of aliphatic hydroxyl groups is 2. The second-order valence-corrected chi connectivity index (χ2v) is 9.19. The normalized spacial score (nSPS) is 17.3. The minimum atomic E-state index is -4.64. The highest BCUT2D eigenvalue weighted by Crippen LogP contribution is 2.43. The summed E-state index contributed by atoms with van der Waals surface area (Å²) in [5, 5.41) is 21.3. The highest BCUT2D eigenvalue weighted by atomic mass is 35.5. The largest absolute Gasteiger partial charge is 0.475 e. The molecule has 1 fully saturated rings. The van der Waals surface area contributed by atoms with Gasteiger partial charge >= 0.3 is 12.2 Å². The van der Waals surface area contributed by atoms with Crippen molar-refractivity contribution in [1.29, 1.82) is 0 Å². The fraction of sp³-hybridized carbons (Fsp3) is 0.333. The van der Waals surface area contributed by atoms with Crippen LogP contribution in [-0.4, -0.2) is 69.6 Å². The highest BCUT2D eigenvalue weighted by molar-refractivity contribution is 6.33. The molecule has 200 valence electrons. The van der Waals surface area contributed by atoms with E-state index in [-0.39, 0.29) is 40.8 Å². The standard InChI is InChI=1S/C24H22ClF3N6O4/c25-16-9-18-22(32-21(16)17-2-1-3-19(31-17)24(26,27)28)34(14-5-7-33(18)10-14)23(37)30-13-4-6-29-20(8-13)38-12-15(36)11-35/h1-4,6,8-9,14-15,35-36H,5,7,10-12H2,(H,29,30,37)/t14-,15-/m0/s1. The van der Waals surface area contributed by atoms with Crippen molar-refractivity contribution in [3.05, 3.63) is 53.3 Å². The van der Waals surface area contributed by atoms with E-state index in [2.05, 4.69) is 20.3 Å². The molecule has 1 saturated heterocycles. The number of ether oxygens (including phenoxy) is 1. The lowest BCUT2D eigenvalue weighted by atomic mass is 10.1. The fourth-order valence-electron chi connectivity index (χ4n) is 4.37. The Labute approximate surface area is 219 Å². The molecular formula is C24H22ClF3N6O4. The molecule has 0 saturated carbocycles. The Bertz CT molecular complexity index is 1360. The van der Waals surface area contributed by atoms with Crippen LogP contribution in [0.3, 0.4) is 0 Å². The van der Waals surface area contributed by atoms with Crippen LogP contribution in [0.2, 0.25) is 5.02 Å². The third-order valence-electron chi connectivity index (χ3n) is 6.16. The number of hydrogen-bond acceptors (Lipinski definition) is 8. The van der Waals surface area contributed by atoms with Crippen LogP contribution in [0.5, 0.6) is 5.88 Å². The Hall–Kier alpha value is -3.68. The summed E-state index contributed by atoms with van der Waals surface area (Å²) in [6.07, 6.45) is -3.66. The van der Waals surface area contributed by atoms with Crippen LogP contribution < -0.4 is 19.9 Å². The molecule has 3 N–H and O–H groups in total. The quantitative estimate of drug-likeness (QED) is 0.425. The van der Waals surface area contributed by atoms with Gasteiger partial charge in [-0.2, -0.15) is 13.2 Å². The maximum absolute atomic E-state index is 13.5. The van der Waals surface area contributed by atoms with Gasteiger partial charge in [0.05, 0.1) is 29.1 Å². The lowest BCUT2D eigenvalue weighted by Crippen LogP contribution is -2.48. The zero-order valence-corrected chi connectivity index (χ0v) is 20.4. The lowest BCUT2D eigenvalue weighted by molar-refractivity contribution is -0.141. The van der Waals surface area contributed by atoms with Gasteiger partial charge in [-0.15, -0.1) is 0 Å². The first-order chi connectivity index (χ1) is 18.1. The average molecular weight is 551 g/mol. The van der Waals surface area contributed by atoms with Crippen LogP contribution in [0.1, 0.15) is 12.1 Å². The number of aromatic nitrogens is 3. The Kier molecular flexibility index (Phi) is 6.99. The first-order valence-corrected chi connectivity index (χ1v) is 12.0.